The molecule has 0 aliphatic heterocycles. The molecular weight excluding hydrogens is 292 g/mol. The van der Waals surface area contributed by atoms with Gasteiger partial charge in [0.25, 0.3) is 0 Å². The number of nitrogens with two attached hydrogens (primary N) is 1. The number of amidine groups is 1. The minimum atomic E-state index is 0. The molecule has 3 N–H and O–H groups in total. The van der Waals surface area contributed by atoms with Crippen molar-refractivity contribution in [1.82, 2.24) is 0 Å². The standard InChI is InChI=1S/C19H26N2.ClH/c20-18(21)17(16-4-2-1-3-5-16)12-19-9-13-6-14(10-19)8-15(7-13)11-19;/h1-5,13-15,17H,6-12H2,(H3,20,21);1H. The molecule has 4 aliphatic carbocycles. The van der Waals surface area contributed by atoms with Crippen molar-refractivity contribution in [2.24, 2.45) is 28.9 Å². The van der Waals surface area contributed by atoms with Crippen molar-refractivity contribution < 1.29 is 0 Å². The molecule has 0 saturated heterocycles. The molecule has 4 aliphatic rings. The Labute approximate surface area is 139 Å². The zero-order chi connectivity index (χ0) is 14.4. The molecule has 1 unspecified atom stereocenters. The Bertz CT molecular complexity index is 504. The zero-order valence-electron chi connectivity index (χ0n) is 13.1. The molecular formula is C19H27ClN2. The highest BCUT2D eigenvalue weighted by Gasteiger charge is 2.51. The second kappa shape index (κ2) is 5.88. The molecule has 22 heavy (non-hydrogen) atoms. The summed E-state index contributed by atoms with van der Waals surface area (Å²) in [6.07, 6.45) is 9.75. The summed E-state index contributed by atoms with van der Waals surface area (Å²) in [7, 11) is 0. The van der Waals surface area contributed by atoms with Gasteiger partial charge in [0.05, 0.1) is 5.84 Å². The van der Waals surface area contributed by atoms with Gasteiger partial charge in [-0.05, 0) is 73.7 Å². The molecule has 5 rings (SSSR count). The minimum Gasteiger partial charge on any atom is -0.387 e. The van der Waals surface area contributed by atoms with Crippen LogP contribution in [0.3, 0.4) is 0 Å². The van der Waals surface area contributed by atoms with E-state index in [1.54, 1.807) is 0 Å². The van der Waals surface area contributed by atoms with Crippen molar-refractivity contribution in [1.29, 1.82) is 5.41 Å². The lowest BCUT2D eigenvalue weighted by molar-refractivity contribution is -0.0582. The van der Waals surface area contributed by atoms with Crippen molar-refractivity contribution in [2.75, 3.05) is 0 Å². The van der Waals surface area contributed by atoms with Gasteiger partial charge in [0.2, 0.25) is 0 Å². The fourth-order valence-corrected chi connectivity index (χ4v) is 6.07. The van der Waals surface area contributed by atoms with Crippen LogP contribution in [0.5, 0.6) is 0 Å². The smallest absolute Gasteiger partial charge is 0.0982 e. The van der Waals surface area contributed by atoms with Gasteiger partial charge in [-0.3, -0.25) is 5.41 Å². The van der Waals surface area contributed by atoms with Crippen LogP contribution in [0.4, 0.5) is 0 Å². The van der Waals surface area contributed by atoms with Crippen LogP contribution in [-0.2, 0) is 0 Å². The largest absolute Gasteiger partial charge is 0.387 e. The van der Waals surface area contributed by atoms with Gasteiger partial charge in [-0.1, -0.05) is 30.3 Å². The predicted octanol–water partition coefficient (Wildman–Crippen LogP) is 4.73. The molecule has 0 aromatic heterocycles. The molecule has 0 radical (unpaired) electrons. The van der Waals surface area contributed by atoms with Crippen LogP contribution in [0, 0.1) is 28.6 Å². The topological polar surface area (TPSA) is 49.9 Å². The van der Waals surface area contributed by atoms with E-state index in [1.165, 1.54) is 44.1 Å². The average Bonchev–Trinajstić information content (AvgIpc) is 2.44. The highest BCUT2D eigenvalue weighted by molar-refractivity contribution is 5.85. The van der Waals surface area contributed by atoms with Crippen molar-refractivity contribution in [3.8, 4) is 0 Å². The van der Waals surface area contributed by atoms with Crippen LogP contribution in [-0.4, -0.2) is 5.84 Å². The van der Waals surface area contributed by atoms with Gasteiger partial charge in [0.15, 0.2) is 0 Å². The molecule has 0 spiro atoms. The first kappa shape index (κ1) is 15.9. The Morgan fingerprint density at radius 1 is 1.05 bits per heavy atom. The minimum absolute atomic E-state index is 0. The van der Waals surface area contributed by atoms with Gasteiger partial charge in [-0.25, -0.2) is 0 Å². The first-order valence-corrected chi connectivity index (χ1v) is 8.52. The van der Waals surface area contributed by atoms with Crippen LogP contribution >= 0.6 is 12.4 Å². The lowest BCUT2D eigenvalue weighted by atomic mass is 9.48. The van der Waals surface area contributed by atoms with Crippen LogP contribution in [0.2, 0.25) is 0 Å². The van der Waals surface area contributed by atoms with Gasteiger partial charge in [-0.15, -0.1) is 12.4 Å². The molecule has 4 bridgehead atoms. The number of benzene rings is 1. The van der Waals surface area contributed by atoms with E-state index >= 15 is 0 Å². The van der Waals surface area contributed by atoms with Gasteiger partial charge >= 0.3 is 0 Å². The normalized spacial score (nSPS) is 36.6. The molecule has 1 aromatic rings. The van der Waals surface area contributed by atoms with Crippen molar-refractivity contribution in [2.45, 2.75) is 50.9 Å². The molecule has 120 valence electrons. The van der Waals surface area contributed by atoms with Crippen molar-refractivity contribution in [3.63, 3.8) is 0 Å². The second-order valence-electron chi connectivity index (χ2n) is 8.04. The third kappa shape index (κ3) is 2.78. The molecule has 4 fully saturated rings. The Hall–Kier alpha value is -1.02. The molecule has 0 amide bonds. The monoisotopic (exact) mass is 318 g/mol. The number of nitrogens with one attached hydrogen (secondary N) is 1. The summed E-state index contributed by atoms with van der Waals surface area (Å²) in [6, 6.07) is 10.5. The summed E-state index contributed by atoms with van der Waals surface area (Å²) in [5, 5.41) is 8.08. The summed E-state index contributed by atoms with van der Waals surface area (Å²) in [5.41, 5.74) is 7.71. The Balaban J connectivity index is 0.00000144. The highest BCUT2D eigenvalue weighted by atomic mass is 35.5. The van der Waals surface area contributed by atoms with Crippen LogP contribution < -0.4 is 5.73 Å². The number of hydrogen-bond acceptors (Lipinski definition) is 1. The third-order valence-electron chi connectivity index (χ3n) is 6.38. The van der Waals surface area contributed by atoms with Crippen molar-refractivity contribution in [3.05, 3.63) is 35.9 Å². The Morgan fingerprint density at radius 3 is 2.00 bits per heavy atom. The van der Waals surface area contributed by atoms with E-state index in [-0.39, 0.29) is 18.3 Å². The van der Waals surface area contributed by atoms with Crippen LogP contribution in [0.25, 0.3) is 0 Å². The van der Waals surface area contributed by atoms with Crippen molar-refractivity contribution >= 4 is 18.2 Å². The van der Waals surface area contributed by atoms with Crippen LogP contribution in [0.15, 0.2) is 30.3 Å². The Morgan fingerprint density at radius 2 is 1.55 bits per heavy atom. The van der Waals surface area contributed by atoms with Gasteiger partial charge in [-0.2, -0.15) is 0 Å². The fourth-order valence-electron chi connectivity index (χ4n) is 6.07. The fraction of sp³-hybridized carbons (Fsp3) is 0.632. The Kier molecular flexibility index (Phi) is 4.24. The van der Waals surface area contributed by atoms with E-state index in [0.29, 0.717) is 11.3 Å². The number of hydrogen-bond donors (Lipinski definition) is 2. The molecule has 2 nitrogen and oxygen atoms in total. The third-order valence-corrected chi connectivity index (χ3v) is 6.38. The molecule has 1 atom stereocenters. The highest BCUT2D eigenvalue weighted by Crippen LogP contribution is 2.62. The summed E-state index contributed by atoms with van der Waals surface area (Å²) in [4.78, 5) is 0. The number of halogens is 1. The summed E-state index contributed by atoms with van der Waals surface area (Å²) in [5.74, 6) is 3.40. The second-order valence-corrected chi connectivity index (χ2v) is 8.04. The maximum absolute atomic E-state index is 8.08. The average molecular weight is 319 g/mol. The van der Waals surface area contributed by atoms with E-state index < -0.39 is 0 Å². The van der Waals surface area contributed by atoms with E-state index in [9.17, 15) is 0 Å². The predicted molar refractivity (Wildman–Crippen MR) is 93.6 cm³/mol. The first-order chi connectivity index (χ1) is 10.1. The summed E-state index contributed by atoms with van der Waals surface area (Å²) < 4.78 is 0. The molecule has 1 aromatic carbocycles. The molecule has 0 heterocycles. The maximum atomic E-state index is 8.08. The van der Waals surface area contributed by atoms with E-state index in [0.717, 1.165) is 24.2 Å². The maximum Gasteiger partial charge on any atom is 0.0982 e. The van der Waals surface area contributed by atoms with E-state index in [1.807, 2.05) is 6.07 Å². The lowest BCUT2D eigenvalue weighted by Gasteiger charge is -2.57. The number of rotatable bonds is 4. The van der Waals surface area contributed by atoms with E-state index in [4.69, 9.17) is 11.1 Å². The summed E-state index contributed by atoms with van der Waals surface area (Å²) >= 11 is 0. The first-order valence-electron chi connectivity index (χ1n) is 8.52. The lowest BCUT2D eigenvalue weighted by Crippen LogP contribution is -2.47. The van der Waals surface area contributed by atoms with Gasteiger partial charge < -0.3 is 5.73 Å². The quantitative estimate of drug-likeness (QED) is 0.611. The summed E-state index contributed by atoms with van der Waals surface area (Å²) in [6.45, 7) is 0. The zero-order valence-corrected chi connectivity index (χ0v) is 13.9. The van der Waals surface area contributed by atoms with E-state index in [2.05, 4.69) is 24.3 Å². The van der Waals surface area contributed by atoms with Gasteiger partial charge in [0.1, 0.15) is 0 Å². The van der Waals surface area contributed by atoms with Gasteiger partial charge in [0, 0.05) is 5.92 Å². The molecule has 4 saturated carbocycles. The molecule has 3 heteroatoms. The van der Waals surface area contributed by atoms with Crippen LogP contribution in [0.1, 0.15) is 56.4 Å². The SMILES string of the molecule is Cl.N=C(N)C(CC12CC3CC(CC(C3)C1)C2)c1ccccc1.